The van der Waals surface area contributed by atoms with Crippen LogP contribution in [0, 0.1) is 0 Å². The van der Waals surface area contributed by atoms with Crippen molar-refractivity contribution >= 4 is 28.6 Å². The van der Waals surface area contributed by atoms with E-state index in [0.717, 1.165) is 0 Å². The second kappa shape index (κ2) is 8.37. The van der Waals surface area contributed by atoms with Gasteiger partial charge in [0.1, 0.15) is 5.82 Å². The van der Waals surface area contributed by atoms with Crippen molar-refractivity contribution in [2.75, 3.05) is 7.11 Å². The third-order valence-corrected chi connectivity index (χ3v) is 5.26. The molecule has 0 fully saturated rings. The van der Waals surface area contributed by atoms with Crippen LogP contribution in [0.15, 0.2) is 63.6 Å². The standard InChI is InChI=1S/C20H17N5O4S/c1-3-8-25-17(15-5-4-9-29-15)23-24-20(25)30-11-16-21-14-10-12(19(27)28-2)6-7-13(14)18(26)22-16/h3-7,9-10H,1,8,11H2,2H3,(H,21,22,26). The summed E-state index contributed by atoms with van der Waals surface area (Å²) in [6.45, 7) is 4.27. The van der Waals surface area contributed by atoms with Gasteiger partial charge in [-0.15, -0.1) is 16.8 Å². The molecule has 152 valence electrons. The zero-order valence-electron chi connectivity index (χ0n) is 16.0. The molecule has 4 aromatic rings. The van der Waals surface area contributed by atoms with E-state index in [0.29, 0.717) is 51.3 Å². The minimum atomic E-state index is -0.488. The first kappa shape index (κ1) is 19.6. The molecule has 0 aliphatic heterocycles. The van der Waals surface area contributed by atoms with Gasteiger partial charge in [-0.2, -0.15) is 0 Å². The van der Waals surface area contributed by atoms with Gasteiger partial charge in [-0.1, -0.05) is 17.8 Å². The number of carbonyl (C=O) groups is 1. The highest BCUT2D eigenvalue weighted by atomic mass is 32.2. The number of nitrogens with zero attached hydrogens (tertiary/aromatic N) is 4. The number of thioether (sulfide) groups is 1. The summed E-state index contributed by atoms with van der Waals surface area (Å²) in [6.07, 6.45) is 3.31. The van der Waals surface area contributed by atoms with Crippen LogP contribution in [-0.2, 0) is 17.0 Å². The molecule has 0 amide bonds. The summed E-state index contributed by atoms with van der Waals surface area (Å²) in [5.41, 5.74) is 0.465. The molecule has 0 aliphatic carbocycles. The maximum absolute atomic E-state index is 12.4. The van der Waals surface area contributed by atoms with E-state index >= 15 is 0 Å². The Labute approximate surface area is 174 Å². The monoisotopic (exact) mass is 423 g/mol. The highest BCUT2D eigenvalue weighted by Gasteiger charge is 2.16. The van der Waals surface area contributed by atoms with E-state index in [4.69, 9.17) is 9.15 Å². The maximum Gasteiger partial charge on any atom is 0.337 e. The third kappa shape index (κ3) is 3.77. The summed E-state index contributed by atoms with van der Waals surface area (Å²) in [6, 6.07) is 8.22. The number of allylic oxidation sites excluding steroid dienone is 1. The van der Waals surface area contributed by atoms with Crippen molar-refractivity contribution in [1.29, 1.82) is 0 Å². The Morgan fingerprint density at radius 3 is 2.97 bits per heavy atom. The summed E-state index contributed by atoms with van der Waals surface area (Å²) in [5.74, 6) is 1.50. The molecule has 0 unspecified atom stereocenters. The van der Waals surface area contributed by atoms with Crippen LogP contribution in [0.3, 0.4) is 0 Å². The van der Waals surface area contributed by atoms with Gasteiger partial charge in [-0.25, -0.2) is 9.78 Å². The number of hydrogen-bond donors (Lipinski definition) is 1. The molecule has 10 heteroatoms. The lowest BCUT2D eigenvalue weighted by atomic mass is 10.1. The number of benzene rings is 1. The molecular formula is C20H17N5O4S. The summed E-state index contributed by atoms with van der Waals surface area (Å²) in [5, 5.41) is 9.46. The summed E-state index contributed by atoms with van der Waals surface area (Å²) < 4.78 is 12.0. The van der Waals surface area contributed by atoms with E-state index in [2.05, 4.69) is 26.7 Å². The zero-order chi connectivity index (χ0) is 21.1. The van der Waals surface area contributed by atoms with Gasteiger partial charge in [0.2, 0.25) is 5.82 Å². The number of furan rings is 1. The van der Waals surface area contributed by atoms with Gasteiger partial charge in [0.15, 0.2) is 10.9 Å². The van der Waals surface area contributed by atoms with E-state index in [1.165, 1.54) is 24.9 Å². The van der Waals surface area contributed by atoms with Crippen LogP contribution in [0.5, 0.6) is 0 Å². The van der Waals surface area contributed by atoms with Gasteiger partial charge < -0.3 is 14.1 Å². The van der Waals surface area contributed by atoms with Crippen molar-refractivity contribution in [2.45, 2.75) is 17.5 Å². The molecule has 1 aromatic carbocycles. The van der Waals surface area contributed by atoms with E-state index in [1.807, 2.05) is 4.57 Å². The molecule has 0 saturated carbocycles. The number of fused-ring (bicyclic) bond motifs is 1. The lowest BCUT2D eigenvalue weighted by molar-refractivity contribution is 0.0601. The maximum atomic E-state index is 12.4. The van der Waals surface area contributed by atoms with E-state index in [-0.39, 0.29) is 5.56 Å². The van der Waals surface area contributed by atoms with Crippen molar-refractivity contribution in [3.63, 3.8) is 0 Å². The molecule has 4 rings (SSSR count). The smallest absolute Gasteiger partial charge is 0.337 e. The van der Waals surface area contributed by atoms with E-state index in [1.54, 1.807) is 36.6 Å². The number of aromatic nitrogens is 5. The van der Waals surface area contributed by atoms with Gasteiger partial charge in [0.05, 0.1) is 35.6 Å². The lowest BCUT2D eigenvalue weighted by Crippen LogP contribution is -2.12. The topological polar surface area (TPSA) is 116 Å². The molecule has 0 bridgehead atoms. The largest absolute Gasteiger partial charge is 0.465 e. The summed E-state index contributed by atoms with van der Waals surface area (Å²) in [7, 11) is 1.30. The van der Waals surface area contributed by atoms with Crippen molar-refractivity contribution in [2.24, 2.45) is 0 Å². The number of hydrogen-bond acceptors (Lipinski definition) is 8. The third-order valence-electron chi connectivity index (χ3n) is 4.28. The first-order valence-corrected chi connectivity index (χ1v) is 9.91. The molecule has 0 radical (unpaired) electrons. The summed E-state index contributed by atoms with van der Waals surface area (Å²) in [4.78, 5) is 31.4. The fourth-order valence-electron chi connectivity index (χ4n) is 2.91. The second-order valence-electron chi connectivity index (χ2n) is 6.21. The SMILES string of the molecule is C=CCn1c(SCc2nc3cc(C(=O)OC)ccc3c(=O)[nH]2)nnc1-c1ccco1. The van der Waals surface area contributed by atoms with Crippen molar-refractivity contribution in [3.8, 4) is 11.6 Å². The Balaban J connectivity index is 1.63. The predicted octanol–water partition coefficient (Wildman–Crippen LogP) is 3.04. The van der Waals surface area contributed by atoms with Crippen LogP contribution in [0.1, 0.15) is 16.2 Å². The van der Waals surface area contributed by atoms with Crippen LogP contribution in [-0.4, -0.2) is 37.8 Å². The molecular weight excluding hydrogens is 406 g/mol. The Morgan fingerprint density at radius 2 is 2.23 bits per heavy atom. The average molecular weight is 423 g/mol. The Hall–Kier alpha value is -3.66. The molecule has 0 saturated heterocycles. The molecule has 3 aromatic heterocycles. The number of aromatic amines is 1. The quantitative estimate of drug-likeness (QED) is 0.274. The van der Waals surface area contributed by atoms with Gasteiger partial charge in [0.25, 0.3) is 5.56 Å². The van der Waals surface area contributed by atoms with Crippen molar-refractivity contribution in [3.05, 3.63) is 71.0 Å². The molecule has 0 aliphatic rings. The van der Waals surface area contributed by atoms with Crippen molar-refractivity contribution < 1.29 is 13.9 Å². The number of carbonyl (C=O) groups excluding carboxylic acids is 1. The second-order valence-corrected chi connectivity index (χ2v) is 7.15. The number of ether oxygens (including phenoxy) is 1. The van der Waals surface area contributed by atoms with Gasteiger partial charge in [-0.3, -0.25) is 9.36 Å². The predicted molar refractivity (Wildman–Crippen MR) is 111 cm³/mol. The molecule has 1 N–H and O–H groups in total. The number of H-pyrrole nitrogens is 1. The molecule has 30 heavy (non-hydrogen) atoms. The van der Waals surface area contributed by atoms with Crippen molar-refractivity contribution in [1.82, 2.24) is 24.7 Å². The molecule has 0 atom stereocenters. The fraction of sp³-hybridized carbons (Fsp3) is 0.150. The lowest BCUT2D eigenvalue weighted by Gasteiger charge is -2.07. The number of esters is 1. The Morgan fingerprint density at radius 1 is 1.37 bits per heavy atom. The van der Waals surface area contributed by atoms with Crippen LogP contribution >= 0.6 is 11.8 Å². The first-order chi connectivity index (χ1) is 14.6. The highest BCUT2D eigenvalue weighted by Crippen LogP contribution is 2.26. The molecule has 0 spiro atoms. The zero-order valence-corrected chi connectivity index (χ0v) is 16.8. The summed E-state index contributed by atoms with van der Waals surface area (Å²) >= 11 is 1.37. The number of methoxy groups -OCH3 is 1. The van der Waals surface area contributed by atoms with Gasteiger partial charge in [-0.05, 0) is 30.3 Å². The minimum absolute atomic E-state index is 0.282. The van der Waals surface area contributed by atoms with Gasteiger partial charge in [0, 0.05) is 6.54 Å². The van der Waals surface area contributed by atoms with E-state index < -0.39 is 5.97 Å². The van der Waals surface area contributed by atoms with Crippen LogP contribution in [0.2, 0.25) is 0 Å². The highest BCUT2D eigenvalue weighted by molar-refractivity contribution is 7.98. The molecule has 9 nitrogen and oxygen atoms in total. The normalized spacial score (nSPS) is 11.0. The Bertz CT molecular complexity index is 1280. The first-order valence-electron chi connectivity index (χ1n) is 8.92. The van der Waals surface area contributed by atoms with E-state index in [9.17, 15) is 9.59 Å². The Kier molecular flexibility index (Phi) is 5.48. The average Bonchev–Trinajstić information content (AvgIpc) is 3.41. The fourth-order valence-corrected chi connectivity index (χ4v) is 3.73. The van der Waals surface area contributed by atoms with Crippen LogP contribution in [0.4, 0.5) is 0 Å². The van der Waals surface area contributed by atoms with Crippen LogP contribution < -0.4 is 5.56 Å². The molecule has 3 heterocycles. The van der Waals surface area contributed by atoms with Crippen LogP contribution in [0.25, 0.3) is 22.5 Å². The minimum Gasteiger partial charge on any atom is -0.465 e. The van der Waals surface area contributed by atoms with Gasteiger partial charge >= 0.3 is 5.97 Å². The number of nitrogens with one attached hydrogen (secondary N) is 1. The number of rotatable bonds is 7.